The third-order valence-electron chi connectivity index (χ3n) is 11.6. The van der Waals surface area contributed by atoms with Gasteiger partial charge in [-0.15, -0.1) is 0 Å². The normalized spacial score (nSPS) is 15.1. The number of aliphatic hydroxyl groups excluding tert-OH is 1. The van der Waals surface area contributed by atoms with E-state index < -0.39 is 11.7 Å². The zero-order chi connectivity index (χ0) is 54.8. The Labute approximate surface area is 442 Å². The maximum Gasteiger partial charge on any atom is 0.410 e. The zero-order valence-electron chi connectivity index (χ0n) is 43.6. The summed E-state index contributed by atoms with van der Waals surface area (Å²) in [6.45, 7) is 22.1. The minimum absolute atomic E-state index is 0.0417. The highest BCUT2D eigenvalue weighted by atomic mass is 79.9. The highest BCUT2D eigenvalue weighted by Gasteiger charge is 2.28. The Bertz CT molecular complexity index is 2440. The van der Waals surface area contributed by atoms with Crippen LogP contribution in [0.3, 0.4) is 0 Å². The summed E-state index contributed by atoms with van der Waals surface area (Å²) in [6.07, 6.45) is -0.762. The van der Waals surface area contributed by atoms with E-state index in [0.29, 0.717) is 29.5 Å². The van der Waals surface area contributed by atoms with E-state index in [1.165, 1.54) is 97.4 Å². The van der Waals surface area contributed by atoms with Crippen molar-refractivity contribution in [2.24, 2.45) is 0 Å². The molecule has 2 saturated heterocycles. The number of amides is 1. The molecule has 0 radical (unpaired) electrons. The van der Waals surface area contributed by atoms with Crippen LogP contribution in [0.2, 0.25) is 0 Å². The maximum absolute atomic E-state index is 13.0. The quantitative estimate of drug-likeness (QED) is 0.0936. The average Bonchev–Trinajstić information content (AvgIpc) is 3.38. The summed E-state index contributed by atoms with van der Waals surface area (Å²) in [5.41, 5.74) is 4.20. The van der Waals surface area contributed by atoms with Crippen molar-refractivity contribution in [2.45, 2.75) is 84.0 Å². The van der Waals surface area contributed by atoms with Gasteiger partial charge in [0.2, 0.25) is 0 Å². The summed E-state index contributed by atoms with van der Waals surface area (Å²) in [5, 5.41) is 12.3. The lowest BCUT2D eigenvalue weighted by Gasteiger charge is -2.38. The van der Waals surface area contributed by atoms with E-state index in [4.69, 9.17) is 9.84 Å². The first-order valence-corrected chi connectivity index (χ1v) is 25.4. The molecule has 0 saturated carbocycles. The molecule has 2 N–H and O–H groups in total. The van der Waals surface area contributed by atoms with E-state index >= 15 is 0 Å². The van der Waals surface area contributed by atoms with Gasteiger partial charge in [0, 0.05) is 74.8 Å². The summed E-state index contributed by atoms with van der Waals surface area (Å²) in [5.74, 6) is -1.37. The molecule has 15 heteroatoms. The molecule has 2 heterocycles. The Balaban J connectivity index is 0.000000244. The second-order valence-electron chi connectivity index (χ2n) is 18.5. The van der Waals surface area contributed by atoms with Crippen molar-refractivity contribution in [3.63, 3.8) is 0 Å². The zero-order valence-corrected chi connectivity index (χ0v) is 45.1. The first-order chi connectivity index (χ1) is 35.0. The molecule has 8 rings (SSSR count). The number of ether oxygens (including phenoxy) is 1. The molecule has 74 heavy (non-hydrogen) atoms. The second kappa shape index (κ2) is 32.5. The van der Waals surface area contributed by atoms with Gasteiger partial charge in [0.05, 0.1) is 6.10 Å². The number of nitrogens with zero attached hydrogens (tertiary/aromatic N) is 3. The predicted octanol–water partition coefficient (Wildman–Crippen LogP) is 14.2. The molecule has 400 valence electrons. The van der Waals surface area contributed by atoms with Crippen molar-refractivity contribution in [1.29, 1.82) is 0 Å². The van der Waals surface area contributed by atoms with Gasteiger partial charge in [-0.05, 0) is 163 Å². The van der Waals surface area contributed by atoms with Gasteiger partial charge >= 0.3 is 6.09 Å². The predicted molar refractivity (Wildman–Crippen MR) is 287 cm³/mol. The lowest BCUT2D eigenvalue weighted by molar-refractivity contribution is 0.0110. The number of nitrogens with one attached hydrogen (secondary N) is 1. The maximum atomic E-state index is 13.0. The number of hydrogen-bond donors (Lipinski definition) is 2. The van der Waals surface area contributed by atoms with Gasteiger partial charge in [-0.3, -0.25) is 14.6 Å². The molecule has 0 bridgehead atoms. The molecule has 2 fully saturated rings. The van der Waals surface area contributed by atoms with Crippen LogP contribution in [0.5, 0.6) is 0 Å². The highest BCUT2D eigenvalue weighted by Crippen LogP contribution is 2.24. The SMILES string of the molecule is CC(=O)c1ccc(F)cc1.CC(Br)c1ccc(F)cc1.CC(O)c1ccc(F)cc1.CC(c1ccc(F)cc1)N1CCN(C(=O)OC(C)(C)C)CC1.CC(c1ccc(F)cc1)N1CCNCC1.Fc1ccccc1. The first-order valence-electron chi connectivity index (χ1n) is 24.5. The Kier molecular flexibility index (Phi) is 27.4. The summed E-state index contributed by atoms with van der Waals surface area (Å²) in [6, 6.07) is 39.7. The number of Topliss-reactive ketones (excluding diaryl/α,β-unsaturated/α-hetero) is 1. The Morgan fingerprint density at radius 1 is 0.514 bits per heavy atom. The number of halogens is 7. The van der Waals surface area contributed by atoms with E-state index in [0.717, 1.165) is 56.0 Å². The molecule has 4 atom stereocenters. The smallest absolute Gasteiger partial charge is 0.410 e. The van der Waals surface area contributed by atoms with Crippen LogP contribution in [0.1, 0.15) is 111 Å². The van der Waals surface area contributed by atoms with Crippen molar-refractivity contribution < 1.29 is 45.8 Å². The van der Waals surface area contributed by atoms with Crippen molar-refractivity contribution in [3.05, 3.63) is 214 Å². The first kappa shape index (κ1) is 62.5. The van der Waals surface area contributed by atoms with Crippen molar-refractivity contribution in [2.75, 3.05) is 52.4 Å². The number of hydrogen-bond acceptors (Lipinski definition) is 7. The topological polar surface area (TPSA) is 85.3 Å². The molecular formula is C59H71BrF6N4O4. The third kappa shape index (κ3) is 24.5. The fourth-order valence-electron chi connectivity index (χ4n) is 7.16. The lowest BCUT2D eigenvalue weighted by atomic mass is 10.1. The number of aliphatic hydroxyl groups is 1. The fraction of sp³-hybridized carbons (Fsp3) is 0.356. The van der Waals surface area contributed by atoms with Gasteiger partial charge in [-0.1, -0.05) is 82.7 Å². The van der Waals surface area contributed by atoms with Gasteiger partial charge in [0.25, 0.3) is 0 Å². The molecule has 2 aliphatic rings. The van der Waals surface area contributed by atoms with Crippen LogP contribution in [0, 0.1) is 34.9 Å². The number of carbonyl (C=O) groups is 2. The van der Waals surface area contributed by atoms with Crippen LogP contribution in [-0.4, -0.2) is 89.6 Å². The number of alkyl halides is 1. The van der Waals surface area contributed by atoms with E-state index in [2.05, 4.69) is 44.9 Å². The van der Waals surface area contributed by atoms with E-state index in [1.807, 2.05) is 52.0 Å². The summed E-state index contributed by atoms with van der Waals surface area (Å²) in [7, 11) is 0. The van der Waals surface area contributed by atoms with Crippen LogP contribution < -0.4 is 5.32 Å². The molecule has 6 aromatic carbocycles. The molecule has 2 aliphatic heterocycles. The van der Waals surface area contributed by atoms with Crippen molar-refractivity contribution in [3.8, 4) is 0 Å². The molecule has 0 aliphatic carbocycles. The molecule has 4 unspecified atom stereocenters. The summed E-state index contributed by atoms with van der Waals surface area (Å²) < 4.78 is 79.9. The fourth-order valence-corrected chi connectivity index (χ4v) is 7.47. The van der Waals surface area contributed by atoms with Gasteiger partial charge < -0.3 is 20.1 Å². The summed E-state index contributed by atoms with van der Waals surface area (Å²) >= 11 is 3.38. The van der Waals surface area contributed by atoms with E-state index in [9.17, 15) is 35.9 Å². The minimum Gasteiger partial charge on any atom is -0.444 e. The van der Waals surface area contributed by atoms with Gasteiger partial charge in [0.1, 0.15) is 40.5 Å². The van der Waals surface area contributed by atoms with E-state index in [-0.39, 0.29) is 52.8 Å². The number of piperazine rings is 2. The summed E-state index contributed by atoms with van der Waals surface area (Å²) in [4.78, 5) is 29.4. The lowest BCUT2D eigenvalue weighted by Crippen LogP contribution is -2.50. The van der Waals surface area contributed by atoms with Gasteiger partial charge in [-0.25, -0.2) is 31.1 Å². The van der Waals surface area contributed by atoms with E-state index in [1.54, 1.807) is 54.3 Å². The van der Waals surface area contributed by atoms with Crippen LogP contribution >= 0.6 is 15.9 Å². The number of carbonyl (C=O) groups excluding carboxylic acids is 2. The number of rotatable bonds is 7. The molecule has 6 aromatic rings. The van der Waals surface area contributed by atoms with Gasteiger partial charge in [-0.2, -0.15) is 0 Å². The number of benzene rings is 6. The standard InChI is InChI=1S/C17H25FN2O2.C12H17FN2.C8H8BrF.C8H9FO.C8H7FO.C6H5F/c1-13(14-5-7-15(18)8-6-14)19-9-11-20(12-10-19)16(21)22-17(2,3)4;1-10(15-8-6-14-7-9-15)11-2-4-12(13)5-3-11;1-6(9)7-2-4-8(10)5-3-7;2*1-6(10)7-2-4-8(9)5-3-7;7-6-4-2-1-3-5-6/h5-8,13H,9-12H2,1-4H3;2-5,10,14H,6-9H2,1H3;2-6H,1H3;2-6,10H,1H3;2-5H,1H3;1-5H. The van der Waals surface area contributed by atoms with Crippen molar-refractivity contribution >= 4 is 27.8 Å². The average molecular weight is 1090 g/mol. The Morgan fingerprint density at radius 3 is 1.18 bits per heavy atom. The molecule has 0 aromatic heterocycles. The molecule has 8 nitrogen and oxygen atoms in total. The van der Waals surface area contributed by atoms with Crippen LogP contribution in [0.4, 0.5) is 31.1 Å². The minimum atomic E-state index is -0.513. The van der Waals surface area contributed by atoms with Crippen LogP contribution in [0.25, 0.3) is 0 Å². The molecule has 0 spiro atoms. The second-order valence-corrected chi connectivity index (χ2v) is 19.9. The monoisotopic (exact) mass is 1090 g/mol. The van der Waals surface area contributed by atoms with Crippen molar-refractivity contribution in [1.82, 2.24) is 20.0 Å². The molecule has 1 amide bonds. The van der Waals surface area contributed by atoms with Gasteiger partial charge in [0.15, 0.2) is 5.78 Å². The highest BCUT2D eigenvalue weighted by molar-refractivity contribution is 9.09. The number of ketones is 1. The Hall–Kier alpha value is -5.84. The third-order valence-corrected chi connectivity index (χ3v) is 12.1. The largest absolute Gasteiger partial charge is 0.444 e. The molecular weight excluding hydrogens is 1020 g/mol. The Morgan fingerprint density at radius 2 is 0.851 bits per heavy atom. The van der Waals surface area contributed by atoms with Crippen LogP contribution in [-0.2, 0) is 4.74 Å². The van der Waals surface area contributed by atoms with Crippen LogP contribution in [0.15, 0.2) is 152 Å².